The largest absolute Gasteiger partial charge is 0.501 e. The number of halogens is 4. The monoisotopic (exact) mass is 1210 g/mol. The molecule has 83 heavy (non-hydrogen) atoms. The van der Waals surface area contributed by atoms with Crippen LogP contribution in [0.15, 0.2) is 142 Å². The summed E-state index contributed by atoms with van der Waals surface area (Å²) in [5, 5.41) is 9.39. The number of nitrogens with zero attached hydrogens (tertiary/aromatic N) is 4. The second-order valence-corrected chi connectivity index (χ2v) is 28.3. The van der Waals surface area contributed by atoms with Gasteiger partial charge in [-0.25, -0.2) is 21.6 Å². The number of nitrogens with one attached hydrogen (secondary N) is 4. The van der Waals surface area contributed by atoms with Crippen molar-refractivity contribution in [1.82, 2.24) is 24.7 Å². The number of imide groups is 1. The predicted molar refractivity (Wildman–Crippen MR) is 320 cm³/mol. The summed E-state index contributed by atoms with van der Waals surface area (Å²) in [4.78, 5) is 45.7. The molecule has 1 aliphatic carbocycles. The lowest BCUT2D eigenvalue weighted by atomic mass is 9.73. The number of amides is 3. The van der Waals surface area contributed by atoms with E-state index in [4.69, 9.17) is 11.6 Å². The zero-order valence-electron chi connectivity index (χ0n) is 46.5. The second-order valence-electron chi connectivity index (χ2n) is 23.2. The third-order valence-corrected chi connectivity index (χ3v) is 20.9. The van der Waals surface area contributed by atoms with Crippen LogP contribution in [-0.4, -0.2) is 137 Å². The van der Waals surface area contributed by atoms with E-state index in [1.165, 1.54) is 40.6 Å². The van der Waals surface area contributed by atoms with Gasteiger partial charge in [0.2, 0.25) is 11.8 Å². The number of carbonyl (C=O) groups is 3. The number of anilines is 3. The van der Waals surface area contributed by atoms with E-state index in [2.05, 4.69) is 61.5 Å². The average molecular weight is 1220 g/mol. The molecule has 10 rings (SSSR count). The molecule has 4 saturated heterocycles. The lowest BCUT2D eigenvalue weighted by Crippen LogP contribution is -2.54. The van der Waals surface area contributed by atoms with Crippen LogP contribution in [0, 0.1) is 5.41 Å². The van der Waals surface area contributed by atoms with Gasteiger partial charge in [0.25, 0.3) is 25.8 Å². The lowest BCUT2D eigenvalue weighted by Gasteiger charge is -2.41. The van der Waals surface area contributed by atoms with Crippen molar-refractivity contribution in [2.45, 2.75) is 116 Å². The van der Waals surface area contributed by atoms with E-state index in [1.807, 2.05) is 71.5 Å². The van der Waals surface area contributed by atoms with Gasteiger partial charge in [-0.15, -0.1) is 11.8 Å². The number of rotatable bonds is 20. The molecule has 0 saturated carbocycles. The Kier molecular flexibility index (Phi) is 18.4. The van der Waals surface area contributed by atoms with E-state index in [0.717, 1.165) is 112 Å². The highest BCUT2D eigenvalue weighted by Gasteiger charge is 2.49. The topological polar surface area (TPSA) is 181 Å². The summed E-state index contributed by atoms with van der Waals surface area (Å²) >= 11 is 7.67. The fourth-order valence-corrected chi connectivity index (χ4v) is 15.3. The van der Waals surface area contributed by atoms with E-state index >= 15 is 0 Å². The summed E-state index contributed by atoms with van der Waals surface area (Å²) in [6.07, 6.45) is 6.18. The van der Waals surface area contributed by atoms with Crippen LogP contribution < -0.4 is 25.6 Å². The van der Waals surface area contributed by atoms with Gasteiger partial charge in [0.1, 0.15) is 10.9 Å². The molecule has 4 atom stereocenters. The van der Waals surface area contributed by atoms with Gasteiger partial charge in [0, 0.05) is 116 Å². The van der Waals surface area contributed by atoms with Crippen molar-refractivity contribution in [3.63, 3.8) is 0 Å². The molecule has 5 aromatic rings. The number of sulfonamides is 1. The molecule has 4 heterocycles. The summed E-state index contributed by atoms with van der Waals surface area (Å²) in [5.74, 6) is -1.30. The van der Waals surface area contributed by atoms with E-state index in [0.29, 0.717) is 42.8 Å². The number of thioether (sulfide) groups is 1. The van der Waals surface area contributed by atoms with Crippen LogP contribution in [0.25, 0.3) is 5.57 Å². The first kappa shape index (κ1) is 60.2. The normalized spacial score (nSPS) is 21.4. The molecular weight excluding hydrogens is 1150 g/mol. The Bertz CT molecular complexity index is 3410. The van der Waals surface area contributed by atoms with Crippen molar-refractivity contribution in [2.75, 3.05) is 73.6 Å². The minimum Gasteiger partial charge on any atom is -0.380 e. The maximum atomic E-state index is 14.6. The highest BCUT2D eigenvalue weighted by molar-refractivity contribution is 7.99. The number of carbonyl (C=O) groups excluding carboxylic acids is 3. The average Bonchev–Trinajstić information content (AvgIpc) is 3.60. The number of benzene rings is 5. The summed E-state index contributed by atoms with van der Waals surface area (Å²) < 4.78 is 100. The Morgan fingerprint density at radius 1 is 0.807 bits per heavy atom. The van der Waals surface area contributed by atoms with Gasteiger partial charge in [0.15, 0.2) is 0 Å². The minimum absolute atomic E-state index is 0.0135. The van der Waals surface area contributed by atoms with Crippen molar-refractivity contribution in [2.24, 2.45) is 5.41 Å². The number of allylic oxidation sites excluding steroid dienone is 1. The van der Waals surface area contributed by atoms with Crippen molar-refractivity contribution in [3.8, 4) is 0 Å². The molecule has 4 fully saturated rings. The smallest absolute Gasteiger partial charge is 0.380 e. The van der Waals surface area contributed by atoms with Crippen LogP contribution in [0.3, 0.4) is 0 Å². The van der Waals surface area contributed by atoms with Crippen molar-refractivity contribution in [1.29, 1.82) is 0 Å². The molecule has 442 valence electrons. The van der Waals surface area contributed by atoms with Gasteiger partial charge in [-0.05, 0) is 146 Å². The third kappa shape index (κ3) is 14.8. The number of hydrogen-bond acceptors (Lipinski definition) is 14. The first-order valence-corrected chi connectivity index (χ1v) is 32.6. The first-order valence-electron chi connectivity index (χ1n) is 28.2. The number of likely N-dealkylation sites (tertiary alicyclic amines) is 1. The summed E-state index contributed by atoms with van der Waals surface area (Å²) in [6.45, 7) is 11.4. The van der Waals surface area contributed by atoms with Crippen molar-refractivity contribution in [3.05, 3.63) is 149 Å². The third-order valence-electron chi connectivity index (χ3n) is 16.7. The SMILES string of the molecule is CC1(C)CCC(c2ccc(Cl)cc2)=C(CN2CCN(c3ccc(C(=O)NS(=O)(=O)c4ccc(N[C@H](CCN5C6CCC5CN(Cc5ccc(NC7CCC(=O)NC7=O)cc5)C6)CSc5ccccc5)c(S(=O)(=O)C(F)(F)F)c4)cc3)CC2)C1. The Labute approximate surface area is 493 Å². The maximum absolute atomic E-state index is 14.6. The molecule has 0 spiro atoms. The minimum atomic E-state index is -6.13. The van der Waals surface area contributed by atoms with E-state index in [-0.39, 0.29) is 41.3 Å². The molecule has 4 aliphatic heterocycles. The number of sulfone groups is 1. The van der Waals surface area contributed by atoms with Crippen LogP contribution in [-0.2, 0) is 36.0 Å². The van der Waals surface area contributed by atoms with Crippen molar-refractivity contribution >= 4 is 83.6 Å². The van der Waals surface area contributed by atoms with E-state index < -0.39 is 58.8 Å². The predicted octanol–water partition coefficient (Wildman–Crippen LogP) is 10.1. The standard InChI is InChI=1S/C61H70ClF3N8O7S3/c1-60(2)28-26-53(42-10-14-45(62)15-11-42)44(35-60)37-70-30-32-72(33-31-70)48-18-12-43(13-19-48)58(75)69-83(79,80)52-22-23-54(56(34-52)82(77,78)61(63,64)65)67-47(40-81-51-6-4-3-5-7-51)27-29-73-49-20-21-50(73)39-71(38-49)36-41-8-16-46(17-9-41)66-55-24-25-57(74)68-59(55)76/h3-19,22-23,34,47,49-50,55,66-67H,20-21,24-33,35-40H2,1-2H3,(H,69,75)(H,68,74,76)/t47-,49?,50?,55?/m1/s1. The summed E-state index contributed by atoms with van der Waals surface area (Å²) in [5.41, 5.74) is 0.760. The van der Waals surface area contributed by atoms with Crippen molar-refractivity contribution < 1.29 is 44.4 Å². The Hall–Kier alpha value is -5.94. The molecule has 0 radical (unpaired) electrons. The highest BCUT2D eigenvalue weighted by Crippen LogP contribution is 2.43. The molecule has 15 nitrogen and oxygen atoms in total. The van der Waals surface area contributed by atoms with Gasteiger partial charge in [-0.2, -0.15) is 13.2 Å². The maximum Gasteiger partial charge on any atom is 0.501 e. The zero-order valence-corrected chi connectivity index (χ0v) is 49.7. The number of fused-ring (bicyclic) bond motifs is 2. The lowest BCUT2D eigenvalue weighted by molar-refractivity contribution is -0.133. The van der Waals surface area contributed by atoms with Gasteiger partial charge in [0.05, 0.1) is 10.6 Å². The highest BCUT2D eigenvalue weighted by atomic mass is 35.5. The molecule has 22 heteroatoms. The van der Waals surface area contributed by atoms with Crippen LogP contribution in [0.2, 0.25) is 5.02 Å². The molecular formula is C61H70ClF3N8O7S3. The molecule has 4 N–H and O–H groups in total. The number of piperazine rings is 2. The number of piperidine rings is 1. The van der Waals surface area contributed by atoms with Crippen LogP contribution in [0.5, 0.6) is 0 Å². The van der Waals surface area contributed by atoms with E-state index in [9.17, 15) is 44.4 Å². The molecule has 0 aromatic heterocycles. The van der Waals surface area contributed by atoms with Gasteiger partial charge in [-0.1, -0.05) is 73.5 Å². The first-order chi connectivity index (χ1) is 39.6. The Balaban J connectivity index is 0.779. The summed E-state index contributed by atoms with van der Waals surface area (Å²) in [7, 11) is -11.0. The number of hydrogen-bond donors (Lipinski definition) is 4. The zero-order chi connectivity index (χ0) is 58.7. The van der Waals surface area contributed by atoms with Crippen LogP contribution in [0.1, 0.15) is 86.7 Å². The Morgan fingerprint density at radius 2 is 1.49 bits per heavy atom. The van der Waals surface area contributed by atoms with E-state index in [1.54, 1.807) is 12.1 Å². The Morgan fingerprint density at radius 3 is 2.16 bits per heavy atom. The van der Waals surface area contributed by atoms with Gasteiger partial charge < -0.3 is 15.5 Å². The van der Waals surface area contributed by atoms with Gasteiger partial charge in [-0.3, -0.25) is 34.4 Å². The molecule has 3 amide bonds. The molecule has 2 bridgehead atoms. The van der Waals surface area contributed by atoms with Gasteiger partial charge >= 0.3 is 5.51 Å². The summed E-state index contributed by atoms with van der Waals surface area (Å²) in [6, 6.07) is 33.7. The fourth-order valence-electron chi connectivity index (χ4n) is 12.2. The number of alkyl halides is 3. The van der Waals surface area contributed by atoms with Crippen LogP contribution in [0.4, 0.5) is 30.2 Å². The molecule has 5 aliphatic rings. The second kappa shape index (κ2) is 25.3. The van der Waals surface area contributed by atoms with Crippen LogP contribution >= 0.6 is 23.4 Å². The fraction of sp³-hybridized carbons (Fsp3) is 0.426. The molecule has 5 aromatic carbocycles. The molecule has 3 unspecified atom stereocenters. The quantitative estimate of drug-likeness (QED) is 0.0427.